The van der Waals surface area contributed by atoms with Gasteiger partial charge in [-0.1, -0.05) is 182 Å². The standard InChI is InChI=1S/C55H33N3/c1-3-13-37(14-4-1)53-56-54(38-15-5-2-6-16-38)58-55(57-53)47-23-8-7-22-43(47)40-21-9-20-39(31-40)42-32-41-30-29-36-18-11-25-45-44-24-10-17-34-27-28-35-19-12-26-46(51(35)49(34)44)48(33-42)52(41)50(36)45/h1-33H. The molecule has 11 aromatic carbocycles. The highest BCUT2D eigenvalue weighted by atomic mass is 15.0. The quantitative estimate of drug-likeness (QED) is 0.165. The molecule has 0 radical (unpaired) electrons. The minimum Gasteiger partial charge on any atom is -0.208 e. The molecule has 1 heterocycles. The fourth-order valence-corrected chi connectivity index (χ4v) is 9.18. The van der Waals surface area contributed by atoms with E-state index < -0.39 is 0 Å². The van der Waals surface area contributed by atoms with Crippen LogP contribution in [-0.4, -0.2) is 15.0 Å². The Morgan fingerprint density at radius 2 is 0.655 bits per heavy atom. The van der Waals surface area contributed by atoms with Crippen LogP contribution in [0.1, 0.15) is 0 Å². The average Bonchev–Trinajstić information content (AvgIpc) is 3.30. The van der Waals surface area contributed by atoms with E-state index in [4.69, 9.17) is 15.0 Å². The Bertz CT molecular complexity index is 3490. The van der Waals surface area contributed by atoms with Crippen LogP contribution in [0.3, 0.4) is 0 Å². The average molecular weight is 736 g/mol. The molecular formula is C55H33N3. The molecule has 3 heteroatoms. The lowest BCUT2D eigenvalue weighted by Gasteiger charge is -2.17. The first-order chi connectivity index (χ1) is 28.7. The van der Waals surface area contributed by atoms with Crippen LogP contribution in [-0.2, 0) is 0 Å². The molecule has 3 nitrogen and oxygen atoms in total. The van der Waals surface area contributed by atoms with Crippen molar-refractivity contribution in [2.45, 2.75) is 0 Å². The topological polar surface area (TPSA) is 38.7 Å². The molecule has 0 aliphatic heterocycles. The van der Waals surface area contributed by atoms with Gasteiger partial charge in [0.25, 0.3) is 0 Å². The lowest BCUT2D eigenvalue weighted by atomic mass is 9.86. The molecule has 12 rings (SSSR count). The number of hydrogen-bond donors (Lipinski definition) is 0. The molecule has 12 aromatic rings. The zero-order chi connectivity index (χ0) is 38.2. The number of hydrogen-bond acceptors (Lipinski definition) is 3. The highest BCUT2D eigenvalue weighted by molar-refractivity contribution is 6.37. The monoisotopic (exact) mass is 735 g/mol. The van der Waals surface area contributed by atoms with Crippen molar-refractivity contribution >= 4 is 64.6 Å². The lowest BCUT2D eigenvalue weighted by molar-refractivity contribution is 1.07. The second kappa shape index (κ2) is 12.9. The summed E-state index contributed by atoms with van der Waals surface area (Å²) in [5.74, 6) is 1.93. The Balaban J connectivity index is 1.09. The number of rotatable bonds is 5. The summed E-state index contributed by atoms with van der Waals surface area (Å²) in [6.07, 6.45) is 0. The Hall–Kier alpha value is -7.75. The van der Waals surface area contributed by atoms with Gasteiger partial charge in [0.1, 0.15) is 0 Å². The summed E-state index contributed by atoms with van der Waals surface area (Å²) in [5.41, 5.74) is 7.34. The molecular weight excluding hydrogens is 703 g/mol. The van der Waals surface area contributed by atoms with Gasteiger partial charge in [-0.05, 0) is 105 Å². The maximum Gasteiger partial charge on any atom is 0.164 e. The van der Waals surface area contributed by atoms with Crippen molar-refractivity contribution in [2.24, 2.45) is 0 Å². The molecule has 0 fully saturated rings. The Kier molecular flexibility index (Phi) is 7.23. The third-order valence-corrected chi connectivity index (χ3v) is 11.8. The molecule has 0 bridgehead atoms. The number of nitrogens with zero attached hydrogens (tertiary/aromatic N) is 3. The van der Waals surface area contributed by atoms with Crippen molar-refractivity contribution in [3.63, 3.8) is 0 Å². The van der Waals surface area contributed by atoms with Crippen LogP contribution in [0, 0.1) is 0 Å². The van der Waals surface area contributed by atoms with Gasteiger partial charge in [0, 0.05) is 16.7 Å². The van der Waals surface area contributed by atoms with Gasteiger partial charge in [-0.25, -0.2) is 15.0 Å². The van der Waals surface area contributed by atoms with Crippen LogP contribution >= 0.6 is 0 Å². The van der Waals surface area contributed by atoms with E-state index in [0.717, 1.165) is 33.4 Å². The van der Waals surface area contributed by atoms with Gasteiger partial charge in [0.2, 0.25) is 0 Å². The van der Waals surface area contributed by atoms with Crippen molar-refractivity contribution in [3.8, 4) is 56.4 Å². The van der Waals surface area contributed by atoms with Gasteiger partial charge >= 0.3 is 0 Å². The third-order valence-electron chi connectivity index (χ3n) is 11.8. The van der Waals surface area contributed by atoms with Crippen LogP contribution in [0.15, 0.2) is 200 Å². The molecule has 0 unspecified atom stereocenters. The first-order valence-corrected chi connectivity index (χ1v) is 19.8. The predicted molar refractivity (Wildman–Crippen MR) is 243 cm³/mol. The van der Waals surface area contributed by atoms with E-state index >= 15 is 0 Å². The summed E-state index contributed by atoms with van der Waals surface area (Å²) in [6, 6.07) is 71.9. The zero-order valence-electron chi connectivity index (χ0n) is 31.4. The van der Waals surface area contributed by atoms with Crippen LogP contribution in [0.25, 0.3) is 121 Å². The number of fused-ring (bicyclic) bond motifs is 2. The largest absolute Gasteiger partial charge is 0.208 e. The van der Waals surface area contributed by atoms with E-state index in [1.165, 1.54) is 70.2 Å². The SMILES string of the molecule is c1ccc(-c2nc(-c3ccccc3)nc(-c3ccccc3-c3cccc(-c4cc5ccc6cccc7c8cccc9ccc%10cccc(c(c4)c5c67)c%10c98)c3)n2)cc1. The Morgan fingerprint density at radius 1 is 0.224 bits per heavy atom. The maximum atomic E-state index is 5.10. The summed E-state index contributed by atoms with van der Waals surface area (Å²) in [6.45, 7) is 0. The molecule has 268 valence electrons. The zero-order valence-corrected chi connectivity index (χ0v) is 31.4. The highest BCUT2D eigenvalue weighted by Gasteiger charge is 2.18. The van der Waals surface area contributed by atoms with E-state index in [-0.39, 0.29) is 0 Å². The highest BCUT2D eigenvalue weighted by Crippen LogP contribution is 2.45. The van der Waals surface area contributed by atoms with Gasteiger partial charge in [-0.3, -0.25) is 0 Å². The van der Waals surface area contributed by atoms with Gasteiger partial charge < -0.3 is 0 Å². The van der Waals surface area contributed by atoms with Gasteiger partial charge in [-0.15, -0.1) is 0 Å². The van der Waals surface area contributed by atoms with Crippen molar-refractivity contribution in [1.82, 2.24) is 15.0 Å². The van der Waals surface area contributed by atoms with Crippen molar-refractivity contribution in [2.75, 3.05) is 0 Å². The summed E-state index contributed by atoms with van der Waals surface area (Å²) < 4.78 is 0. The normalized spacial score (nSPS) is 11.8. The summed E-state index contributed by atoms with van der Waals surface area (Å²) in [5, 5.41) is 15.3. The first kappa shape index (κ1) is 32.5. The predicted octanol–water partition coefficient (Wildman–Crippen LogP) is 14.6. The summed E-state index contributed by atoms with van der Waals surface area (Å²) >= 11 is 0. The third kappa shape index (κ3) is 5.11. The van der Waals surface area contributed by atoms with Crippen LogP contribution in [0.2, 0.25) is 0 Å². The first-order valence-electron chi connectivity index (χ1n) is 19.8. The van der Waals surface area contributed by atoms with Crippen molar-refractivity contribution in [1.29, 1.82) is 0 Å². The second-order valence-electron chi connectivity index (χ2n) is 15.1. The Morgan fingerprint density at radius 3 is 1.24 bits per heavy atom. The van der Waals surface area contributed by atoms with E-state index in [9.17, 15) is 0 Å². The van der Waals surface area contributed by atoms with Crippen molar-refractivity contribution in [3.05, 3.63) is 200 Å². The van der Waals surface area contributed by atoms with E-state index in [2.05, 4.69) is 140 Å². The summed E-state index contributed by atoms with van der Waals surface area (Å²) in [4.78, 5) is 15.1. The molecule has 0 saturated heterocycles. The van der Waals surface area contributed by atoms with E-state index in [1.807, 2.05) is 60.7 Å². The minimum atomic E-state index is 0.640. The molecule has 0 aliphatic rings. The van der Waals surface area contributed by atoms with E-state index in [1.54, 1.807) is 0 Å². The van der Waals surface area contributed by atoms with Crippen LogP contribution < -0.4 is 0 Å². The summed E-state index contributed by atoms with van der Waals surface area (Å²) in [7, 11) is 0. The molecule has 0 aliphatic carbocycles. The molecule has 0 atom stereocenters. The lowest BCUT2D eigenvalue weighted by Crippen LogP contribution is -2.01. The molecule has 0 N–H and O–H groups in total. The molecule has 1 aromatic heterocycles. The Labute approximate surface area is 334 Å². The molecule has 0 saturated carbocycles. The van der Waals surface area contributed by atoms with Gasteiger partial charge in [0.05, 0.1) is 0 Å². The smallest absolute Gasteiger partial charge is 0.164 e. The van der Waals surface area contributed by atoms with Crippen molar-refractivity contribution < 1.29 is 0 Å². The second-order valence-corrected chi connectivity index (χ2v) is 15.1. The molecule has 0 spiro atoms. The van der Waals surface area contributed by atoms with Crippen LogP contribution in [0.5, 0.6) is 0 Å². The van der Waals surface area contributed by atoms with Crippen LogP contribution in [0.4, 0.5) is 0 Å². The number of aromatic nitrogens is 3. The number of benzene rings is 10. The van der Waals surface area contributed by atoms with E-state index in [0.29, 0.717) is 17.5 Å². The molecule has 0 amide bonds. The van der Waals surface area contributed by atoms with Gasteiger partial charge in [0.15, 0.2) is 17.5 Å². The minimum absolute atomic E-state index is 0.640. The maximum absolute atomic E-state index is 5.10. The fourth-order valence-electron chi connectivity index (χ4n) is 9.18. The van der Waals surface area contributed by atoms with Gasteiger partial charge in [-0.2, -0.15) is 0 Å². The molecule has 58 heavy (non-hydrogen) atoms. The fraction of sp³-hybridized carbons (Fsp3) is 0.